The highest BCUT2D eigenvalue weighted by Crippen LogP contribution is 2.38. The van der Waals surface area contributed by atoms with Gasteiger partial charge < -0.3 is 14.2 Å². The minimum Gasteiger partial charge on any atom is -0.493 e. The van der Waals surface area contributed by atoms with Crippen molar-refractivity contribution in [2.24, 2.45) is 4.99 Å². The third kappa shape index (κ3) is 5.45. The van der Waals surface area contributed by atoms with Crippen LogP contribution in [0.15, 0.2) is 65.3 Å². The lowest BCUT2D eigenvalue weighted by Gasteiger charge is -2.13. The number of aryl methyl sites for hydroxylation is 1. The summed E-state index contributed by atoms with van der Waals surface area (Å²) in [5.41, 5.74) is 2.51. The third-order valence-electron chi connectivity index (χ3n) is 5.07. The van der Waals surface area contributed by atoms with E-state index in [1.165, 1.54) is 31.4 Å². The molecule has 0 aliphatic carbocycles. The SMILES string of the molecule is COc1cc(/C=C2\N=C(c3cc([N+](=O)[O-])ccc3Cl)OC2=O)cc(Cl)c1OCc1ccc(C)cc1. The first kappa shape index (κ1) is 24.3. The Hall–Kier alpha value is -3.88. The summed E-state index contributed by atoms with van der Waals surface area (Å²) in [6.07, 6.45) is 1.46. The number of cyclic esters (lactones) is 1. The molecule has 178 valence electrons. The Bertz CT molecular complexity index is 1380. The number of nitrogens with zero attached hydrogens (tertiary/aromatic N) is 2. The molecule has 4 rings (SSSR count). The Kier molecular flexibility index (Phi) is 7.04. The van der Waals surface area contributed by atoms with Crippen LogP contribution in [0, 0.1) is 17.0 Å². The van der Waals surface area contributed by atoms with Gasteiger partial charge in [0.05, 0.1) is 27.6 Å². The Labute approximate surface area is 210 Å². The Morgan fingerprint density at radius 2 is 1.83 bits per heavy atom. The van der Waals surface area contributed by atoms with E-state index >= 15 is 0 Å². The number of carbonyl (C=O) groups excluding carboxylic acids is 1. The molecule has 1 aliphatic rings. The fourth-order valence-electron chi connectivity index (χ4n) is 3.28. The van der Waals surface area contributed by atoms with Crippen molar-refractivity contribution in [3.8, 4) is 11.5 Å². The molecule has 0 spiro atoms. The van der Waals surface area contributed by atoms with E-state index in [0.29, 0.717) is 23.7 Å². The minimum atomic E-state index is -0.739. The first-order valence-corrected chi connectivity index (χ1v) is 11.0. The molecule has 3 aromatic rings. The quantitative estimate of drug-likeness (QED) is 0.163. The van der Waals surface area contributed by atoms with E-state index < -0.39 is 10.9 Å². The van der Waals surface area contributed by atoms with Crippen molar-refractivity contribution in [1.29, 1.82) is 0 Å². The van der Waals surface area contributed by atoms with Crippen LogP contribution in [0.3, 0.4) is 0 Å². The van der Waals surface area contributed by atoms with Gasteiger partial charge in [-0.15, -0.1) is 0 Å². The van der Waals surface area contributed by atoms with Crippen molar-refractivity contribution in [2.45, 2.75) is 13.5 Å². The first-order valence-electron chi connectivity index (χ1n) is 10.3. The Morgan fingerprint density at radius 1 is 1.09 bits per heavy atom. The second kappa shape index (κ2) is 10.2. The zero-order chi connectivity index (χ0) is 25.1. The first-order chi connectivity index (χ1) is 16.7. The monoisotopic (exact) mass is 512 g/mol. The van der Waals surface area contributed by atoms with E-state index in [4.69, 9.17) is 37.4 Å². The lowest BCUT2D eigenvalue weighted by molar-refractivity contribution is -0.384. The van der Waals surface area contributed by atoms with Crippen LogP contribution >= 0.6 is 23.2 Å². The number of carbonyl (C=O) groups is 1. The highest BCUT2D eigenvalue weighted by Gasteiger charge is 2.27. The second-order valence-electron chi connectivity index (χ2n) is 7.57. The van der Waals surface area contributed by atoms with Crippen LogP contribution < -0.4 is 9.47 Å². The summed E-state index contributed by atoms with van der Waals surface area (Å²) in [5, 5.41) is 11.5. The average Bonchev–Trinajstić information content (AvgIpc) is 3.19. The molecule has 0 unspecified atom stereocenters. The predicted molar refractivity (Wildman–Crippen MR) is 132 cm³/mol. The van der Waals surface area contributed by atoms with Gasteiger partial charge >= 0.3 is 5.97 Å². The maximum Gasteiger partial charge on any atom is 0.363 e. The highest BCUT2D eigenvalue weighted by molar-refractivity contribution is 6.34. The molecule has 35 heavy (non-hydrogen) atoms. The molecule has 10 heteroatoms. The molecule has 0 bridgehead atoms. The number of rotatable bonds is 7. The fourth-order valence-corrected chi connectivity index (χ4v) is 3.75. The number of nitro groups is 1. The van der Waals surface area contributed by atoms with Gasteiger partial charge in [0.1, 0.15) is 6.61 Å². The van der Waals surface area contributed by atoms with Gasteiger partial charge in [-0.1, -0.05) is 53.0 Å². The number of aliphatic imine (C=N–C) groups is 1. The third-order valence-corrected chi connectivity index (χ3v) is 5.68. The molecule has 0 radical (unpaired) electrons. The van der Waals surface area contributed by atoms with E-state index in [9.17, 15) is 14.9 Å². The lowest BCUT2D eigenvalue weighted by atomic mass is 10.1. The van der Waals surface area contributed by atoms with E-state index in [1.807, 2.05) is 31.2 Å². The van der Waals surface area contributed by atoms with Crippen molar-refractivity contribution in [2.75, 3.05) is 7.11 Å². The normalized spacial score (nSPS) is 14.0. The fraction of sp³-hybridized carbons (Fsp3) is 0.120. The predicted octanol–water partition coefficient (Wildman–Crippen LogP) is 6.14. The molecule has 8 nitrogen and oxygen atoms in total. The maximum absolute atomic E-state index is 12.4. The smallest absolute Gasteiger partial charge is 0.363 e. The number of methoxy groups -OCH3 is 1. The number of hydrogen-bond acceptors (Lipinski definition) is 7. The van der Waals surface area contributed by atoms with Crippen molar-refractivity contribution in [3.05, 3.63) is 103 Å². The van der Waals surface area contributed by atoms with Crippen molar-refractivity contribution < 1.29 is 23.9 Å². The van der Waals surface area contributed by atoms with Gasteiger partial charge in [-0.2, -0.15) is 0 Å². The van der Waals surface area contributed by atoms with Crippen LogP contribution in [0.1, 0.15) is 22.3 Å². The van der Waals surface area contributed by atoms with Gasteiger partial charge in [-0.3, -0.25) is 10.1 Å². The van der Waals surface area contributed by atoms with Gasteiger partial charge in [-0.25, -0.2) is 9.79 Å². The number of esters is 1. The maximum atomic E-state index is 12.4. The zero-order valence-corrected chi connectivity index (χ0v) is 20.1. The molecule has 0 saturated heterocycles. The van der Waals surface area contributed by atoms with Crippen molar-refractivity contribution in [1.82, 2.24) is 0 Å². The Morgan fingerprint density at radius 3 is 2.51 bits per heavy atom. The van der Waals surface area contributed by atoms with E-state index in [-0.39, 0.29) is 32.9 Å². The molecule has 0 N–H and O–H groups in total. The topological polar surface area (TPSA) is 100 Å². The molecule has 0 saturated carbocycles. The van der Waals surface area contributed by atoms with Crippen LogP contribution in [-0.4, -0.2) is 23.9 Å². The van der Waals surface area contributed by atoms with Crippen molar-refractivity contribution >= 4 is 46.8 Å². The summed E-state index contributed by atoms with van der Waals surface area (Å²) < 4.78 is 16.5. The summed E-state index contributed by atoms with van der Waals surface area (Å²) in [5.74, 6) is -0.143. The molecule has 0 aromatic heterocycles. The zero-order valence-electron chi connectivity index (χ0n) is 18.6. The largest absolute Gasteiger partial charge is 0.493 e. The van der Waals surface area contributed by atoms with Crippen LogP contribution in [-0.2, 0) is 16.1 Å². The number of halogens is 2. The van der Waals surface area contributed by atoms with E-state index in [1.54, 1.807) is 12.1 Å². The number of ether oxygens (including phenoxy) is 3. The molecule has 0 amide bonds. The van der Waals surface area contributed by atoms with E-state index in [2.05, 4.69) is 4.99 Å². The van der Waals surface area contributed by atoms with E-state index in [0.717, 1.165) is 11.1 Å². The highest BCUT2D eigenvalue weighted by atomic mass is 35.5. The molecule has 1 aliphatic heterocycles. The minimum absolute atomic E-state index is 0.0333. The summed E-state index contributed by atoms with van der Waals surface area (Å²) in [6, 6.07) is 14.9. The molecule has 1 heterocycles. The van der Waals surface area contributed by atoms with Gasteiger partial charge in [0.15, 0.2) is 17.2 Å². The summed E-state index contributed by atoms with van der Waals surface area (Å²) >= 11 is 12.6. The second-order valence-corrected chi connectivity index (χ2v) is 8.38. The number of nitro benzene ring substituents is 1. The van der Waals surface area contributed by atoms with Gasteiger partial charge in [0.2, 0.25) is 5.90 Å². The van der Waals surface area contributed by atoms with Crippen LogP contribution in [0.5, 0.6) is 11.5 Å². The molecule has 0 atom stereocenters. The summed E-state index contributed by atoms with van der Waals surface area (Å²) in [7, 11) is 1.48. The standard InChI is InChI=1S/C25H18Cl2N2O6/c1-14-3-5-15(6-4-14)13-34-23-20(27)9-16(11-22(23)33-2)10-21-25(30)35-24(28-21)18-12-17(29(31)32)7-8-19(18)26/h3-12H,13H2,1-2H3/b21-10-. The summed E-state index contributed by atoms with van der Waals surface area (Å²) in [4.78, 5) is 27.1. The molecular formula is C25H18Cl2N2O6. The molecule has 0 fully saturated rings. The van der Waals surface area contributed by atoms with Gasteiger partial charge in [0.25, 0.3) is 5.69 Å². The van der Waals surface area contributed by atoms with Crippen LogP contribution in [0.25, 0.3) is 6.08 Å². The number of non-ortho nitro benzene ring substituents is 1. The molecular weight excluding hydrogens is 495 g/mol. The average molecular weight is 513 g/mol. The Balaban J connectivity index is 1.61. The number of hydrogen-bond donors (Lipinski definition) is 0. The molecule has 3 aromatic carbocycles. The lowest BCUT2D eigenvalue weighted by Crippen LogP contribution is -2.06. The van der Waals surface area contributed by atoms with Crippen LogP contribution in [0.2, 0.25) is 10.0 Å². The summed E-state index contributed by atoms with van der Waals surface area (Å²) in [6.45, 7) is 2.30. The van der Waals surface area contributed by atoms with Crippen LogP contribution in [0.4, 0.5) is 5.69 Å². The van der Waals surface area contributed by atoms with Gasteiger partial charge in [-0.05, 0) is 42.3 Å². The number of benzene rings is 3. The van der Waals surface area contributed by atoms with Gasteiger partial charge in [0, 0.05) is 12.1 Å². The van der Waals surface area contributed by atoms with Crippen molar-refractivity contribution in [3.63, 3.8) is 0 Å².